The summed E-state index contributed by atoms with van der Waals surface area (Å²) >= 11 is 0. The fourth-order valence-electron chi connectivity index (χ4n) is 2.01. The molecule has 122 valence electrons. The van der Waals surface area contributed by atoms with Crippen molar-refractivity contribution in [2.45, 2.75) is 12.7 Å². The lowest BCUT2D eigenvalue weighted by atomic mass is 10.1. The molecule has 7 heteroatoms. The third kappa shape index (κ3) is 4.76. The Labute approximate surface area is 133 Å². The molecule has 2 rings (SSSR count). The number of alkyl halides is 3. The molecule has 0 unspecified atom stereocenters. The number of nitrogens with zero attached hydrogens (tertiary/aromatic N) is 1. The van der Waals surface area contributed by atoms with Crippen molar-refractivity contribution in [3.05, 3.63) is 47.7 Å². The fraction of sp³-hybridized carbons (Fsp3) is 0.333. The van der Waals surface area contributed by atoms with Gasteiger partial charge in [-0.3, -0.25) is 4.90 Å². The van der Waals surface area contributed by atoms with Crippen LogP contribution < -0.4 is 5.73 Å². The zero-order chi connectivity index (χ0) is 15.5. The predicted molar refractivity (Wildman–Crippen MR) is 81.8 cm³/mol. The van der Waals surface area contributed by atoms with E-state index in [-0.39, 0.29) is 12.4 Å². The van der Waals surface area contributed by atoms with Gasteiger partial charge in [-0.2, -0.15) is 13.2 Å². The SMILES string of the molecule is CN(CCN)Cc1ccc(-c2ccc(C(F)(F)F)cc2)o1.Cl. The first kappa shape index (κ1) is 18.5. The second kappa shape index (κ2) is 7.67. The molecule has 3 nitrogen and oxygen atoms in total. The van der Waals surface area contributed by atoms with Crippen LogP contribution in [0.15, 0.2) is 40.8 Å². The van der Waals surface area contributed by atoms with Gasteiger partial charge in [0.15, 0.2) is 0 Å². The second-order valence-electron chi connectivity index (χ2n) is 4.87. The summed E-state index contributed by atoms with van der Waals surface area (Å²) in [5, 5.41) is 0. The van der Waals surface area contributed by atoms with Crippen molar-refractivity contribution in [2.75, 3.05) is 20.1 Å². The zero-order valence-corrected chi connectivity index (χ0v) is 12.9. The molecular formula is C15H18ClF3N2O. The normalized spacial score (nSPS) is 11.5. The summed E-state index contributed by atoms with van der Waals surface area (Å²) in [4.78, 5) is 2.01. The third-order valence-corrected chi connectivity index (χ3v) is 3.09. The molecule has 22 heavy (non-hydrogen) atoms. The van der Waals surface area contributed by atoms with Crippen molar-refractivity contribution < 1.29 is 17.6 Å². The highest BCUT2D eigenvalue weighted by Crippen LogP contribution is 2.31. The number of benzene rings is 1. The van der Waals surface area contributed by atoms with E-state index in [2.05, 4.69) is 0 Å². The van der Waals surface area contributed by atoms with Gasteiger partial charge in [-0.1, -0.05) is 12.1 Å². The molecule has 0 fully saturated rings. The van der Waals surface area contributed by atoms with Crippen LogP contribution in [0.5, 0.6) is 0 Å². The van der Waals surface area contributed by atoms with E-state index in [0.717, 1.165) is 24.4 Å². The minimum absolute atomic E-state index is 0. The van der Waals surface area contributed by atoms with E-state index in [1.54, 1.807) is 6.07 Å². The molecule has 2 aromatic rings. The lowest BCUT2D eigenvalue weighted by molar-refractivity contribution is -0.137. The molecule has 2 N–H and O–H groups in total. The average Bonchev–Trinajstić information content (AvgIpc) is 2.86. The molecule has 1 aromatic carbocycles. The van der Waals surface area contributed by atoms with Crippen molar-refractivity contribution in [1.29, 1.82) is 0 Å². The molecule has 0 spiro atoms. The van der Waals surface area contributed by atoms with Gasteiger partial charge in [-0.25, -0.2) is 0 Å². The summed E-state index contributed by atoms with van der Waals surface area (Å²) in [5.74, 6) is 1.31. The van der Waals surface area contributed by atoms with E-state index in [4.69, 9.17) is 10.2 Å². The Morgan fingerprint density at radius 3 is 2.27 bits per heavy atom. The minimum Gasteiger partial charge on any atom is -0.460 e. The van der Waals surface area contributed by atoms with E-state index >= 15 is 0 Å². The van der Waals surface area contributed by atoms with E-state index in [0.29, 0.717) is 24.4 Å². The zero-order valence-electron chi connectivity index (χ0n) is 12.1. The Balaban J connectivity index is 0.00000242. The number of halogens is 4. The van der Waals surface area contributed by atoms with Gasteiger partial charge >= 0.3 is 6.18 Å². The lowest BCUT2D eigenvalue weighted by Gasteiger charge is -2.12. The maximum Gasteiger partial charge on any atom is 0.416 e. The number of hydrogen-bond donors (Lipinski definition) is 1. The van der Waals surface area contributed by atoms with E-state index in [9.17, 15) is 13.2 Å². The Morgan fingerprint density at radius 1 is 1.09 bits per heavy atom. The molecule has 0 aliphatic heterocycles. The van der Waals surface area contributed by atoms with Crippen molar-refractivity contribution in [2.24, 2.45) is 5.73 Å². The van der Waals surface area contributed by atoms with Gasteiger partial charge in [0.25, 0.3) is 0 Å². The largest absolute Gasteiger partial charge is 0.460 e. The Kier molecular flexibility index (Phi) is 6.47. The number of rotatable bonds is 5. The summed E-state index contributed by atoms with van der Waals surface area (Å²) in [6.07, 6.45) is -4.32. The van der Waals surface area contributed by atoms with Gasteiger partial charge in [0, 0.05) is 18.7 Å². The van der Waals surface area contributed by atoms with Crippen molar-refractivity contribution in [1.82, 2.24) is 4.90 Å². The van der Waals surface area contributed by atoms with Crippen LogP contribution >= 0.6 is 12.4 Å². The molecule has 0 aliphatic rings. The maximum absolute atomic E-state index is 12.5. The highest BCUT2D eigenvalue weighted by molar-refractivity contribution is 5.85. The van der Waals surface area contributed by atoms with Crippen LogP contribution in [0.2, 0.25) is 0 Å². The van der Waals surface area contributed by atoms with E-state index in [1.807, 2.05) is 18.0 Å². The first-order valence-corrected chi connectivity index (χ1v) is 6.55. The van der Waals surface area contributed by atoms with Gasteiger partial charge in [0.05, 0.1) is 12.1 Å². The van der Waals surface area contributed by atoms with Crippen LogP contribution in [0.25, 0.3) is 11.3 Å². The minimum atomic E-state index is -4.32. The van der Waals surface area contributed by atoms with Crippen molar-refractivity contribution in [3.8, 4) is 11.3 Å². The highest BCUT2D eigenvalue weighted by Gasteiger charge is 2.30. The molecular weight excluding hydrogens is 317 g/mol. The second-order valence-corrected chi connectivity index (χ2v) is 4.87. The first-order chi connectivity index (χ1) is 9.90. The summed E-state index contributed by atoms with van der Waals surface area (Å²) in [5.41, 5.74) is 5.42. The molecule has 0 amide bonds. The molecule has 0 bridgehead atoms. The number of hydrogen-bond acceptors (Lipinski definition) is 3. The molecule has 0 radical (unpaired) electrons. The predicted octanol–water partition coefficient (Wildman–Crippen LogP) is 3.78. The molecule has 1 aromatic heterocycles. The summed E-state index contributed by atoms with van der Waals surface area (Å²) in [7, 11) is 1.92. The monoisotopic (exact) mass is 334 g/mol. The number of furan rings is 1. The van der Waals surface area contributed by atoms with Crippen LogP contribution in [0, 0.1) is 0 Å². The van der Waals surface area contributed by atoms with Gasteiger partial charge in [-0.15, -0.1) is 12.4 Å². The van der Waals surface area contributed by atoms with Crippen LogP contribution in [-0.2, 0) is 12.7 Å². The van der Waals surface area contributed by atoms with Crippen LogP contribution in [0.1, 0.15) is 11.3 Å². The molecule has 0 saturated heterocycles. The number of likely N-dealkylation sites (N-methyl/N-ethyl adjacent to an activating group) is 1. The standard InChI is InChI=1S/C15H17F3N2O.ClH/c1-20(9-8-19)10-13-6-7-14(21-13)11-2-4-12(5-3-11)15(16,17)18;/h2-7H,8-10,19H2,1H3;1H. The van der Waals surface area contributed by atoms with Crippen LogP contribution in [-0.4, -0.2) is 25.0 Å². The van der Waals surface area contributed by atoms with Gasteiger partial charge in [0.1, 0.15) is 11.5 Å². The van der Waals surface area contributed by atoms with Crippen molar-refractivity contribution >= 4 is 12.4 Å². The molecule has 0 saturated carbocycles. The maximum atomic E-state index is 12.5. The van der Waals surface area contributed by atoms with E-state index < -0.39 is 11.7 Å². The van der Waals surface area contributed by atoms with E-state index in [1.165, 1.54) is 12.1 Å². The number of nitrogens with two attached hydrogens (primary N) is 1. The Hall–Kier alpha value is -1.50. The Bertz CT molecular complexity index is 581. The van der Waals surface area contributed by atoms with Crippen LogP contribution in [0.4, 0.5) is 13.2 Å². The van der Waals surface area contributed by atoms with Gasteiger partial charge in [0.2, 0.25) is 0 Å². The quantitative estimate of drug-likeness (QED) is 0.905. The third-order valence-electron chi connectivity index (χ3n) is 3.09. The summed E-state index contributed by atoms with van der Waals surface area (Å²) in [6, 6.07) is 8.51. The molecule has 0 atom stereocenters. The van der Waals surface area contributed by atoms with Gasteiger partial charge in [-0.05, 0) is 31.3 Å². The lowest BCUT2D eigenvalue weighted by Crippen LogP contribution is -2.24. The smallest absolute Gasteiger partial charge is 0.416 e. The Morgan fingerprint density at radius 2 is 1.73 bits per heavy atom. The van der Waals surface area contributed by atoms with Crippen molar-refractivity contribution in [3.63, 3.8) is 0 Å². The topological polar surface area (TPSA) is 42.4 Å². The van der Waals surface area contributed by atoms with Gasteiger partial charge < -0.3 is 10.2 Å². The van der Waals surface area contributed by atoms with Crippen LogP contribution in [0.3, 0.4) is 0 Å². The summed E-state index contributed by atoms with van der Waals surface area (Å²) in [6.45, 7) is 1.91. The fourth-order valence-corrected chi connectivity index (χ4v) is 2.01. The average molecular weight is 335 g/mol. The highest BCUT2D eigenvalue weighted by atomic mass is 35.5. The first-order valence-electron chi connectivity index (χ1n) is 6.55. The molecule has 1 heterocycles. The molecule has 0 aliphatic carbocycles. The summed E-state index contributed by atoms with van der Waals surface area (Å²) < 4.78 is 43.2.